The Morgan fingerprint density at radius 3 is 2.62 bits per heavy atom. The molecule has 2 atom stereocenters. The summed E-state index contributed by atoms with van der Waals surface area (Å²) in [5, 5.41) is 7.97. The molecule has 1 aromatic heterocycles. The van der Waals surface area contributed by atoms with E-state index in [-0.39, 0.29) is 0 Å². The van der Waals surface area contributed by atoms with E-state index in [2.05, 4.69) is 22.5 Å². The lowest BCUT2D eigenvalue weighted by Gasteiger charge is -2.20. The molecule has 26 heavy (non-hydrogen) atoms. The summed E-state index contributed by atoms with van der Waals surface area (Å²) in [7, 11) is 3.30. The number of hydrogen-bond acceptors (Lipinski definition) is 7. The smallest absolute Gasteiger partial charge is 0.227 e. The van der Waals surface area contributed by atoms with E-state index in [1.807, 2.05) is 12.1 Å². The van der Waals surface area contributed by atoms with Gasteiger partial charge in [0.1, 0.15) is 5.82 Å². The van der Waals surface area contributed by atoms with Gasteiger partial charge in [-0.3, -0.25) is 0 Å². The number of aromatic nitrogens is 2. The summed E-state index contributed by atoms with van der Waals surface area (Å²) in [6.45, 7) is 6.27. The number of nitrogens with zero attached hydrogens (tertiary/aromatic N) is 3. The zero-order valence-electron chi connectivity index (χ0n) is 15.7. The van der Waals surface area contributed by atoms with Crippen LogP contribution in [0.1, 0.15) is 19.8 Å². The van der Waals surface area contributed by atoms with Crippen molar-refractivity contribution in [1.82, 2.24) is 15.3 Å². The largest absolute Gasteiger partial charge is 0.493 e. The average Bonchev–Trinajstić information content (AvgIpc) is 3.32. The highest BCUT2D eigenvalue weighted by Crippen LogP contribution is 2.36. The van der Waals surface area contributed by atoms with E-state index >= 15 is 0 Å². The summed E-state index contributed by atoms with van der Waals surface area (Å²) >= 11 is 0. The molecule has 1 unspecified atom stereocenters. The molecule has 7 nitrogen and oxygen atoms in total. The van der Waals surface area contributed by atoms with E-state index in [1.54, 1.807) is 14.2 Å². The molecule has 2 aromatic rings. The van der Waals surface area contributed by atoms with Crippen LogP contribution in [-0.4, -0.2) is 56.4 Å². The van der Waals surface area contributed by atoms with E-state index < -0.39 is 0 Å². The fourth-order valence-electron chi connectivity index (χ4n) is 3.78. The molecule has 0 aliphatic carbocycles. The van der Waals surface area contributed by atoms with Crippen LogP contribution in [0.3, 0.4) is 0 Å². The number of rotatable bonds is 5. The van der Waals surface area contributed by atoms with Gasteiger partial charge in [-0.1, -0.05) is 6.92 Å². The van der Waals surface area contributed by atoms with Gasteiger partial charge in [-0.2, -0.15) is 4.98 Å². The first-order chi connectivity index (χ1) is 12.7. The maximum absolute atomic E-state index is 5.48. The second-order valence-electron chi connectivity index (χ2n) is 7.27. The van der Waals surface area contributed by atoms with Crippen molar-refractivity contribution in [2.24, 2.45) is 5.92 Å². The van der Waals surface area contributed by atoms with Crippen LogP contribution in [0.25, 0.3) is 10.9 Å². The minimum Gasteiger partial charge on any atom is -0.493 e. The first-order valence-electron chi connectivity index (χ1n) is 9.34. The third-order valence-corrected chi connectivity index (χ3v) is 5.30. The maximum Gasteiger partial charge on any atom is 0.227 e. The number of anilines is 2. The molecule has 2 saturated heterocycles. The van der Waals surface area contributed by atoms with Gasteiger partial charge in [-0.15, -0.1) is 0 Å². The molecule has 2 N–H and O–H groups in total. The maximum atomic E-state index is 5.48. The molecule has 7 heteroatoms. The second kappa shape index (κ2) is 7.15. The van der Waals surface area contributed by atoms with Crippen molar-refractivity contribution >= 4 is 22.7 Å². The monoisotopic (exact) mass is 357 g/mol. The molecule has 0 spiro atoms. The van der Waals surface area contributed by atoms with Crippen molar-refractivity contribution in [3.63, 3.8) is 0 Å². The van der Waals surface area contributed by atoms with Crippen LogP contribution in [0.4, 0.5) is 11.8 Å². The van der Waals surface area contributed by atoms with Crippen molar-refractivity contribution in [2.45, 2.75) is 25.8 Å². The normalized spacial score (nSPS) is 22.8. The Morgan fingerprint density at radius 2 is 1.96 bits per heavy atom. The lowest BCUT2D eigenvalue weighted by atomic mass is 10.2. The molecule has 2 aliphatic heterocycles. The summed E-state index contributed by atoms with van der Waals surface area (Å²) in [6, 6.07) is 4.29. The zero-order chi connectivity index (χ0) is 18.1. The molecule has 1 aromatic carbocycles. The molecule has 0 amide bonds. The number of ether oxygens (including phenoxy) is 2. The molecule has 0 radical (unpaired) electrons. The fraction of sp³-hybridized carbons (Fsp3) is 0.579. The van der Waals surface area contributed by atoms with Gasteiger partial charge >= 0.3 is 0 Å². The van der Waals surface area contributed by atoms with Gasteiger partial charge in [0.2, 0.25) is 5.95 Å². The average molecular weight is 357 g/mol. The first-order valence-corrected chi connectivity index (χ1v) is 9.34. The van der Waals surface area contributed by atoms with E-state index in [0.29, 0.717) is 23.5 Å². The predicted octanol–water partition coefficient (Wildman–Crippen LogP) is 2.27. The Labute approximate surface area is 154 Å². The number of fused-ring (bicyclic) bond motifs is 1. The van der Waals surface area contributed by atoms with Crippen LogP contribution < -0.4 is 25.0 Å². The van der Waals surface area contributed by atoms with Crippen molar-refractivity contribution < 1.29 is 9.47 Å². The summed E-state index contributed by atoms with van der Waals surface area (Å²) in [6.07, 6.45) is 2.28. The third-order valence-electron chi connectivity index (χ3n) is 5.30. The Balaban J connectivity index is 1.80. The number of nitrogens with one attached hydrogen (secondary N) is 2. The topological polar surface area (TPSA) is 71.5 Å². The van der Waals surface area contributed by atoms with E-state index in [4.69, 9.17) is 19.4 Å². The molecule has 4 rings (SSSR count). The molecule has 0 saturated carbocycles. The lowest BCUT2D eigenvalue weighted by Crippen LogP contribution is -2.25. The van der Waals surface area contributed by atoms with Crippen LogP contribution in [0, 0.1) is 5.92 Å². The van der Waals surface area contributed by atoms with Gasteiger partial charge in [0.05, 0.1) is 19.7 Å². The molecular formula is C19H27N5O2. The minimum atomic E-state index is 0.381. The van der Waals surface area contributed by atoms with Crippen LogP contribution in [0.15, 0.2) is 12.1 Å². The number of benzene rings is 1. The fourth-order valence-corrected chi connectivity index (χ4v) is 3.78. The Kier molecular flexibility index (Phi) is 4.72. The van der Waals surface area contributed by atoms with Crippen LogP contribution in [0.5, 0.6) is 11.5 Å². The van der Waals surface area contributed by atoms with E-state index in [9.17, 15) is 0 Å². The number of methoxy groups -OCH3 is 2. The van der Waals surface area contributed by atoms with Crippen molar-refractivity contribution in [3.8, 4) is 11.5 Å². The quantitative estimate of drug-likeness (QED) is 0.850. The van der Waals surface area contributed by atoms with E-state index in [0.717, 1.165) is 55.3 Å². The van der Waals surface area contributed by atoms with Gasteiger partial charge in [0.15, 0.2) is 11.5 Å². The Morgan fingerprint density at radius 1 is 1.15 bits per heavy atom. The molecule has 0 bridgehead atoms. The van der Waals surface area contributed by atoms with Gasteiger partial charge in [0.25, 0.3) is 0 Å². The summed E-state index contributed by atoms with van der Waals surface area (Å²) in [5.74, 6) is 3.73. The predicted molar refractivity (Wildman–Crippen MR) is 104 cm³/mol. The molecule has 140 valence electrons. The highest BCUT2D eigenvalue weighted by Gasteiger charge is 2.24. The van der Waals surface area contributed by atoms with Crippen molar-refractivity contribution in [1.29, 1.82) is 0 Å². The minimum absolute atomic E-state index is 0.381. The summed E-state index contributed by atoms with van der Waals surface area (Å²) in [5.41, 5.74) is 0.876. The third kappa shape index (κ3) is 3.23. The standard InChI is InChI=1S/C19H27N5O2/c1-12-5-7-24(11-12)19-22-15-9-17(26-3)16(25-2)8-14(15)18(23-19)21-13-4-6-20-10-13/h8-9,12-13,20H,4-7,10-11H2,1-3H3,(H,21,22,23)/t12?,13-/m0/s1. The second-order valence-corrected chi connectivity index (χ2v) is 7.27. The molecule has 3 heterocycles. The van der Waals surface area contributed by atoms with Gasteiger partial charge in [0, 0.05) is 37.1 Å². The Bertz CT molecular complexity index is 791. The van der Waals surface area contributed by atoms with Gasteiger partial charge in [-0.25, -0.2) is 4.98 Å². The summed E-state index contributed by atoms with van der Waals surface area (Å²) < 4.78 is 11.0. The van der Waals surface area contributed by atoms with Crippen LogP contribution in [0.2, 0.25) is 0 Å². The zero-order valence-corrected chi connectivity index (χ0v) is 15.7. The number of hydrogen-bond donors (Lipinski definition) is 2. The molecule has 2 fully saturated rings. The van der Waals surface area contributed by atoms with Gasteiger partial charge in [-0.05, 0) is 31.4 Å². The highest BCUT2D eigenvalue weighted by molar-refractivity contribution is 5.93. The highest BCUT2D eigenvalue weighted by atomic mass is 16.5. The van der Waals surface area contributed by atoms with Crippen molar-refractivity contribution in [3.05, 3.63) is 12.1 Å². The first kappa shape index (κ1) is 17.1. The molecular weight excluding hydrogens is 330 g/mol. The summed E-state index contributed by atoms with van der Waals surface area (Å²) in [4.78, 5) is 12.0. The van der Waals surface area contributed by atoms with Crippen molar-refractivity contribution in [2.75, 3.05) is 50.6 Å². The molecule has 2 aliphatic rings. The van der Waals surface area contributed by atoms with Crippen LogP contribution >= 0.6 is 0 Å². The van der Waals surface area contributed by atoms with E-state index in [1.165, 1.54) is 6.42 Å². The SMILES string of the molecule is COc1cc2nc(N3CCC(C)C3)nc(N[C@H]3CCNC3)c2cc1OC. The lowest BCUT2D eigenvalue weighted by molar-refractivity contribution is 0.356. The Hall–Kier alpha value is -2.28. The van der Waals surface area contributed by atoms with Crippen LogP contribution in [-0.2, 0) is 0 Å². The van der Waals surface area contributed by atoms with Gasteiger partial charge < -0.3 is 25.0 Å².